The zero-order chi connectivity index (χ0) is 15.2. The second-order valence-electron chi connectivity index (χ2n) is 4.98. The van der Waals surface area contributed by atoms with Crippen LogP contribution in [0, 0.1) is 12.7 Å². The average Bonchev–Trinajstić information content (AvgIpc) is 2.44. The monoisotopic (exact) mass is 286 g/mol. The lowest BCUT2D eigenvalue weighted by Crippen LogP contribution is -2.12. The fraction of sp³-hybridized carbons (Fsp3) is 0.235. The van der Waals surface area contributed by atoms with Gasteiger partial charge < -0.3 is 10.6 Å². The molecule has 4 heteroatoms. The number of benzene rings is 2. The molecule has 3 nitrogen and oxygen atoms in total. The topological polar surface area (TPSA) is 41.1 Å². The van der Waals surface area contributed by atoms with E-state index >= 15 is 0 Å². The van der Waals surface area contributed by atoms with Crippen molar-refractivity contribution in [2.45, 2.75) is 20.3 Å². The summed E-state index contributed by atoms with van der Waals surface area (Å²) in [6, 6.07) is 11.7. The van der Waals surface area contributed by atoms with E-state index in [9.17, 15) is 9.18 Å². The summed E-state index contributed by atoms with van der Waals surface area (Å²) in [5.74, 6) is -0.605. The number of hydrogen-bond acceptors (Lipinski definition) is 2. The molecule has 2 N–H and O–H groups in total. The molecule has 0 radical (unpaired) electrons. The Morgan fingerprint density at radius 3 is 2.43 bits per heavy atom. The predicted molar refractivity (Wildman–Crippen MR) is 84.3 cm³/mol. The molecule has 1 amide bonds. The molecule has 0 heterocycles. The molecule has 21 heavy (non-hydrogen) atoms. The van der Waals surface area contributed by atoms with Crippen LogP contribution in [0.2, 0.25) is 0 Å². The van der Waals surface area contributed by atoms with Gasteiger partial charge in [-0.05, 0) is 61.4 Å². The van der Waals surface area contributed by atoms with Crippen LogP contribution < -0.4 is 10.6 Å². The molecule has 0 aromatic heterocycles. The molecule has 110 valence electrons. The normalized spacial score (nSPS) is 10.2. The molecular formula is C17H19FN2O. The SMILES string of the molecule is CCCNc1ccc(C(=O)Nc2cc(C)cc(F)c2)cc1. The summed E-state index contributed by atoms with van der Waals surface area (Å²) in [4.78, 5) is 12.1. The third-order valence-corrected chi connectivity index (χ3v) is 3.03. The average molecular weight is 286 g/mol. The van der Waals surface area contributed by atoms with Gasteiger partial charge in [-0.2, -0.15) is 0 Å². The molecule has 0 aliphatic heterocycles. The number of aryl methyl sites for hydroxylation is 1. The minimum Gasteiger partial charge on any atom is -0.385 e. The molecule has 0 saturated carbocycles. The number of rotatable bonds is 5. The van der Waals surface area contributed by atoms with Crippen molar-refractivity contribution in [1.82, 2.24) is 0 Å². The number of hydrogen-bond donors (Lipinski definition) is 2. The summed E-state index contributed by atoms with van der Waals surface area (Å²) >= 11 is 0. The van der Waals surface area contributed by atoms with Crippen LogP contribution in [0.5, 0.6) is 0 Å². The van der Waals surface area contributed by atoms with Crippen LogP contribution in [0.4, 0.5) is 15.8 Å². The highest BCUT2D eigenvalue weighted by Crippen LogP contribution is 2.15. The first-order valence-corrected chi connectivity index (χ1v) is 7.01. The van der Waals surface area contributed by atoms with Gasteiger partial charge in [-0.1, -0.05) is 6.92 Å². The van der Waals surface area contributed by atoms with E-state index in [1.54, 1.807) is 25.1 Å². The molecule has 2 aromatic rings. The van der Waals surface area contributed by atoms with Gasteiger partial charge >= 0.3 is 0 Å². The van der Waals surface area contributed by atoms with E-state index in [4.69, 9.17) is 0 Å². The third-order valence-electron chi connectivity index (χ3n) is 3.03. The van der Waals surface area contributed by atoms with Gasteiger partial charge in [-0.3, -0.25) is 4.79 Å². The molecule has 0 bridgehead atoms. The molecule has 0 fully saturated rings. The first-order valence-electron chi connectivity index (χ1n) is 7.01. The molecule has 0 aliphatic rings. The minimum absolute atomic E-state index is 0.248. The quantitative estimate of drug-likeness (QED) is 0.864. The van der Waals surface area contributed by atoms with Crippen LogP contribution >= 0.6 is 0 Å². The largest absolute Gasteiger partial charge is 0.385 e. The van der Waals surface area contributed by atoms with Crippen LogP contribution in [0.15, 0.2) is 42.5 Å². The molecule has 0 unspecified atom stereocenters. The van der Waals surface area contributed by atoms with Crippen molar-refractivity contribution in [3.63, 3.8) is 0 Å². The first kappa shape index (κ1) is 15.0. The van der Waals surface area contributed by atoms with E-state index in [1.165, 1.54) is 12.1 Å². The second kappa shape index (κ2) is 6.88. The first-order chi connectivity index (χ1) is 10.1. The van der Waals surface area contributed by atoms with Crippen LogP contribution in [0.3, 0.4) is 0 Å². The van der Waals surface area contributed by atoms with Crippen LogP contribution in [0.25, 0.3) is 0 Å². The van der Waals surface area contributed by atoms with Gasteiger partial charge in [0.1, 0.15) is 5.82 Å². The zero-order valence-electron chi connectivity index (χ0n) is 12.2. The van der Waals surface area contributed by atoms with Crippen LogP contribution in [0.1, 0.15) is 29.3 Å². The standard InChI is InChI=1S/C17H19FN2O/c1-3-8-19-15-6-4-13(5-7-15)17(21)20-16-10-12(2)9-14(18)11-16/h4-7,9-11,19H,3,8H2,1-2H3,(H,20,21). The Kier molecular flexibility index (Phi) is 4.93. The van der Waals surface area contributed by atoms with Crippen molar-refractivity contribution in [3.05, 3.63) is 59.4 Å². The third kappa shape index (κ3) is 4.31. The van der Waals surface area contributed by atoms with Gasteiger partial charge in [0.25, 0.3) is 5.91 Å². The molecule has 2 rings (SSSR count). The molecule has 0 saturated heterocycles. The van der Waals surface area contributed by atoms with E-state index in [0.29, 0.717) is 11.3 Å². The van der Waals surface area contributed by atoms with Crippen molar-refractivity contribution < 1.29 is 9.18 Å². The Morgan fingerprint density at radius 2 is 1.81 bits per heavy atom. The van der Waals surface area contributed by atoms with Crippen molar-refractivity contribution in [3.8, 4) is 0 Å². The van der Waals surface area contributed by atoms with E-state index < -0.39 is 0 Å². The van der Waals surface area contributed by atoms with Crippen LogP contribution in [-0.4, -0.2) is 12.5 Å². The lowest BCUT2D eigenvalue weighted by atomic mass is 10.1. The Hall–Kier alpha value is -2.36. The maximum atomic E-state index is 13.3. The van der Waals surface area contributed by atoms with E-state index in [2.05, 4.69) is 17.6 Å². The lowest BCUT2D eigenvalue weighted by Gasteiger charge is -2.08. The summed E-state index contributed by atoms with van der Waals surface area (Å²) in [6.45, 7) is 4.77. The number of anilines is 2. The van der Waals surface area contributed by atoms with Crippen molar-refractivity contribution in [2.24, 2.45) is 0 Å². The van der Waals surface area contributed by atoms with Gasteiger partial charge in [0, 0.05) is 23.5 Å². The molecule has 2 aromatic carbocycles. The highest BCUT2D eigenvalue weighted by atomic mass is 19.1. The summed E-state index contributed by atoms with van der Waals surface area (Å²) in [7, 11) is 0. The number of amides is 1. The van der Waals surface area contributed by atoms with Crippen LogP contribution in [-0.2, 0) is 0 Å². The van der Waals surface area contributed by atoms with E-state index in [0.717, 1.165) is 24.2 Å². The van der Waals surface area contributed by atoms with Crippen molar-refractivity contribution in [2.75, 3.05) is 17.2 Å². The number of nitrogens with one attached hydrogen (secondary N) is 2. The van der Waals surface area contributed by atoms with E-state index in [1.807, 2.05) is 12.1 Å². The van der Waals surface area contributed by atoms with Gasteiger partial charge in [0.05, 0.1) is 0 Å². The number of carbonyl (C=O) groups excluding carboxylic acids is 1. The summed E-state index contributed by atoms with van der Waals surface area (Å²) < 4.78 is 13.3. The molecule has 0 spiro atoms. The van der Waals surface area contributed by atoms with Crippen molar-refractivity contribution >= 4 is 17.3 Å². The minimum atomic E-state index is -0.357. The molecular weight excluding hydrogens is 267 g/mol. The summed E-state index contributed by atoms with van der Waals surface area (Å²) in [5, 5.41) is 5.95. The fourth-order valence-corrected chi connectivity index (χ4v) is 2.02. The lowest BCUT2D eigenvalue weighted by molar-refractivity contribution is 0.102. The highest BCUT2D eigenvalue weighted by Gasteiger charge is 2.07. The maximum Gasteiger partial charge on any atom is 0.255 e. The Bertz CT molecular complexity index is 603. The highest BCUT2D eigenvalue weighted by molar-refractivity contribution is 6.04. The Balaban J connectivity index is 2.06. The van der Waals surface area contributed by atoms with Crippen molar-refractivity contribution in [1.29, 1.82) is 0 Å². The molecule has 0 aliphatic carbocycles. The number of halogens is 1. The smallest absolute Gasteiger partial charge is 0.255 e. The number of carbonyl (C=O) groups is 1. The second-order valence-corrected chi connectivity index (χ2v) is 4.98. The Labute approximate surface area is 124 Å². The van der Waals surface area contributed by atoms with Gasteiger partial charge in [-0.15, -0.1) is 0 Å². The van der Waals surface area contributed by atoms with Gasteiger partial charge in [-0.25, -0.2) is 4.39 Å². The maximum absolute atomic E-state index is 13.3. The fourth-order valence-electron chi connectivity index (χ4n) is 2.02. The van der Waals surface area contributed by atoms with E-state index in [-0.39, 0.29) is 11.7 Å². The van der Waals surface area contributed by atoms with Gasteiger partial charge in [0.2, 0.25) is 0 Å². The molecule has 0 atom stereocenters. The predicted octanol–water partition coefficient (Wildman–Crippen LogP) is 4.21. The summed E-state index contributed by atoms with van der Waals surface area (Å²) in [6.07, 6.45) is 1.04. The Morgan fingerprint density at radius 1 is 1.10 bits per heavy atom. The summed E-state index contributed by atoms with van der Waals surface area (Å²) in [5.41, 5.74) is 2.75. The van der Waals surface area contributed by atoms with Gasteiger partial charge in [0.15, 0.2) is 0 Å². The zero-order valence-corrected chi connectivity index (χ0v) is 12.2.